The number of benzene rings is 1. The Morgan fingerprint density at radius 2 is 1.72 bits per heavy atom. The fraction of sp³-hybridized carbons (Fsp3) is 0.417. The van der Waals surface area contributed by atoms with E-state index in [4.69, 9.17) is 9.84 Å². The van der Waals surface area contributed by atoms with Gasteiger partial charge in [-0.05, 0) is 43.0 Å². The second kappa shape index (κ2) is 11.8. The molecule has 0 unspecified atom stereocenters. The van der Waals surface area contributed by atoms with Gasteiger partial charge < -0.3 is 19.9 Å². The molecule has 0 spiro atoms. The van der Waals surface area contributed by atoms with Gasteiger partial charge in [-0.1, -0.05) is 33.1 Å². The van der Waals surface area contributed by atoms with Gasteiger partial charge in [-0.25, -0.2) is 22.9 Å². The monoisotopic (exact) mass is 519 g/mol. The van der Waals surface area contributed by atoms with Gasteiger partial charge in [0.1, 0.15) is 0 Å². The number of carboxylic acid groups (broad SMARTS) is 1. The van der Waals surface area contributed by atoms with Crippen molar-refractivity contribution in [3.05, 3.63) is 47.7 Å². The summed E-state index contributed by atoms with van der Waals surface area (Å²) in [6.45, 7) is 3.90. The van der Waals surface area contributed by atoms with Gasteiger partial charge in [-0.3, -0.25) is 9.59 Å². The van der Waals surface area contributed by atoms with Crippen LogP contribution >= 0.6 is 0 Å². The molecule has 0 radical (unpaired) electrons. The van der Waals surface area contributed by atoms with Gasteiger partial charge in [0.05, 0.1) is 17.1 Å². The number of sulfonamides is 1. The molecule has 1 aromatic carbocycles. The Kier molecular flexibility index (Phi) is 8.86. The van der Waals surface area contributed by atoms with Crippen LogP contribution in [0.2, 0.25) is 0 Å². The second-order valence-corrected chi connectivity index (χ2v) is 10.5. The summed E-state index contributed by atoms with van der Waals surface area (Å²) in [6.07, 6.45) is 4.50. The van der Waals surface area contributed by atoms with Crippen LogP contribution in [0, 0.1) is 5.92 Å². The zero-order valence-electron chi connectivity index (χ0n) is 20.0. The van der Waals surface area contributed by atoms with E-state index in [1.165, 1.54) is 24.3 Å². The van der Waals surface area contributed by atoms with Crippen molar-refractivity contribution < 1.29 is 37.4 Å². The molecule has 0 saturated heterocycles. The molecule has 0 aliphatic heterocycles. The average Bonchev–Trinajstić information content (AvgIpc) is 2.83. The van der Waals surface area contributed by atoms with E-state index in [0.29, 0.717) is 5.56 Å². The quantitative estimate of drug-likeness (QED) is 0.422. The number of aromatic nitrogens is 1. The Bertz CT molecular complexity index is 1210. The number of amides is 2. The zero-order valence-corrected chi connectivity index (χ0v) is 20.8. The number of nitrogens with zero attached hydrogens (tertiary/aromatic N) is 1. The van der Waals surface area contributed by atoms with Crippen molar-refractivity contribution in [3.63, 3.8) is 0 Å². The summed E-state index contributed by atoms with van der Waals surface area (Å²) in [5.41, 5.74) is 0.134. The maximum absolute atomic E-state index is 12.7. The summed E-state index contributed by atoms with van der Waals surface area (Å²) in [5.74, 6) is -1.70. The minimum absolute atomic E-state index is 0.0771. The molecule has 12 heteroatoms. The third-order valence-corrected chi connectivity index (χ3v) is 6.78. The summed E-state index contributed by atoms with van der Waals surface area (Å²) in [5, 5.41) is 11.8. The number of nitrogens with one attached hydrogen (secondary N) is 2. The Balaban J connectivity index is 1.71. The predicted molar refractivity (Wildman–Crippen MR) is 129 cm³/mol. The molecule has 1 aromatic heterocycles. The van der Waals surface area contributed by atoms with E-state index in [9.17, 15) is 22.8 Å². The number of ether oxygens (including phenoxy) is 2. The summed E-state index contributed by atoms with van der Waals surface area (Å²) in [6, 6.07) is 6.51. The van der Waals surface area contributed by atoms with Gasteiger partial charge >= 0.3 is 6.16 Å². The van der Waals surface area contributed by atoms with E-state index in [2.05, 4.69) is 15.0 Å². The maximum Gasteiger partial charge on any atom is 0.512 e. The van der Waals surface area contributed by atoms with Crippen LogP contribution in [0.4, 0.5) is 4.79 Å². The topological polar surface area (TPSA) is 161 Å². The molecule has 3 rings (SSSR count). The highest BCUT2D eigenvalue weighted by atomic mass is 32.2. The molecular weight excluding hydrogens is 490 g/mol. The Morgan fingerprint density at radius 1 is 1.06 bits per heavy atom. The van der Waals surface area contributed by atoms with Gasteiger partial charge in [0, 0.05) is 23.9 Å². The van der Waals surface area contributed by atoms with Crippen molar-refractivity contribution in [2.24, 2.45) is 5.92 Å². The number of pyridine rings is 1. The van der Waals surface area contributed by atoms with Crippen molar-refractivity contribution in [1.29, 1.82) is 0 Å². The third kappa shape index (κ3) is 7.41. The van der Waals surface area contributed by atoms with Gasteiger partial charge in [0.25, 0.3) is 27.7 Å². The van der Waals surface area contributed by atoms with Crippen LogP contribution in [0.1, 0.15) is 66.7 Å². The molecule has 1 saturated carbocycles. The molecule has 0 bridgehead atoms. The number of rotatable bonds is 9. The number of hydrogen-bond acceptors (Lipinski definition) is 8. The number of hydrogen-bond donors (Lipinski definition) is 3. The molecule has 1 fully saturated rings. The molecule has 194 valence electrons. The lowest BCUT2D eigenvalue weighted by Crippen LogP contribution is -2.36. The SMILES string of the molecule is CC(C)COc1cc(C(=O)NS(=O)(=O)c2ccc(C(=O)NC3CCCCC3)cc2)cnc1OC(=O)O. The van der Waals surface area contributed by atoms with Crippen LogP contribution in [-0.4, -0.2) is 49.1 Å². The van der Waals surface area contributed by atoms with Crippen LogP contribution in [0.3, 0.4) is 0 Å². The van der Waals surface area contributed by atoms with Crippen molar-refractivity contribution in [1.82, 2.24) is 15.0 Å². The molecule has 0 atom stereocenters. The molecule has 1 aliphatic carbocycles. The Morgan fingerprint density at radius 3 is 2.33 bits per heavy atom. The first kappa shape index (κ1) is 26.9. The van der Waals surface area contributed by atoms with Crippen molar-refractivity contribution in [2.75, 3.05) is 6.61 Å². The molecule has 11 nitrogen and oxygen atoms in total. The lowest BCUT2D eigenvalue weighted by Gasteiger charge is -2.22. The average molecular weight is 520 g/mol. The van der Waals surface area contributed by atoms with Crippen LogP contribution in [0.5, 0.6) is 11.6 Å². The summed E-state index contributed by atoms with van der Waals surface area (Å²) in [7, 11) is -4.27. The highest BCUT2D eigenvalue weighted by Crippen LogP contribution is 2.26. The molecule has 2 amide bonds. The lowest BCUT2D eigenvalue weighted by molar-refractivity contribution is 0.0926. The fourth-order valence-corrected chi connectivity index (χ4v) is 4.59. The molecular formula is C24H29N3O8S. The van der Waals surface area contributed by atoms with Gasteiger partial charge in [0.15, 0.2) is 5.75 Å². The fourth-order valence-electron chi connectivity index (χ4n) is 3.62. The summed E-state index contributed by atoms with van der Waals surface area (Å²) < 4.78 is 37.5. The first-order valence-electron chi connectivity index (χ1n) is 11.6. The van der Waals surface area contributed by atoms with E-state index in [0.717, 1.165) is 44.4 Å². The van der Waals surface area contributed by atoms with Gasteiger partial charge in [0.2, 0.25) is 0 Å². The van der Waals surface area contributed by atoms with E-state index in [1.807, 2.05) is 18.6 Å². The third-order valence-electron chi connectivity index (χ3n) is 5.43. The smallest absolute Gasteiger partial charge is 0.488 e. The van der Waals surface area contributed by atoms with E-state index in [1.54, 1.807) is 0 Å². The number of carbonyl (C=O) groups is 3. The predicted octanol–water partition coefficient (Wildman–Crippen LogP) is 3.35. The first-order valence-corrected chi connectivity index (χ1v) is 13.0. The van der Waals surface area contributed by atoms with Crippen molar-refractivity contribution in [3.8, 4) is 11.6 Å². The van der Waals surface area contributed by atoms with Crippen molar-refractivity contribution >= 4 is 28.0 Å². The van der Waals surface area contributed by atoms with Crippen molar-refractivity contribution in [2.45, 2.75) is 56.9 Å². The van der Waals surface area contributed by atoms with Crippen LogP contribution in [0.25, 0.3) is 0 Å². The van der Waals surface area contributed by atoms with Crippen LogP contribution in [-0.2, 0) is 10.0 Å². The normalized spacial score (nSPS) is 14.2. The highest BCUT2D eigenvalue weighted by Gasteiger charge is 2.23. The standard InChI is InChI=1S/C24H29N3O8S/c1-15(2)14-34-20-12-17(13-25-23(20)35-24(30)31)22(29)27-36(32,33)19-10-8-16(9-11-19)21(28)26-18-6-4-3-5-7-18/h8-13,15,18H,3-7,14H2,1-2H3,(H,26,28)(H,27,29)(H,30,31). The maximum atomic E-state index is 12.7. The molecule has 36 heavy (non-hydrogen) atoms. The molecule has 1 aliphatic rings. The largest absolute Gasteiger partial charge is 0.512 e. The second-order valence-electron chi connectivity index (χ2n) is 8.87. The Labute approximate surface area is 209 Å². The van der Waals surface area contributed by atoms with Crippen LogP contribution in [0.15, 0.2) is 41.4 Å². The van der Waals surface area contributed by atoms with Gasteiger partial charge in [-0.2, -0.15) is 0 Å². The first-order chi connectivity index (χ1) is 17.0. The molecule has 2 aromatic rings. The van der Waals surface area contributed by atoms with Gasteiger partial charge in [-0.15, -0.1) is 0 Å². The van der Waals surface area contributed by atoms with E-state index in [-0.39, 0.29) is 46.6 Å². The molecule has 1 heterocycles. The summed E-state index contributed by atoms with van der Waals surface area (Å²) >= 11 is 0. The Hall–Kier alpha value is -3.67. The number of carbonyl (C=O) groups excluding carboxylic acids is 2. The van der Waals surface area contributed by atoms with E-state index >= 15 is 0 Å². The minimum atomic E-state index is -4.27. The zero-order chi connectivity index (χ0) is 26.3. The lowest BCUT2D eigenvalue weighted by atomic mass is 9.95. The minimum Gasteiger partial charge on any atom is -0.488 e. The van der Waals surface area contributed by atoms with Crippen LogP contribution < -0.4 is 19.5 Å². The van der Waals surface area contributed by atoms with E-state index < -0.39 is 22.1 Å². The summed E-state index contributed by atoms with van der Waals surface area (Å²) in [4.78, 5) is 39.6. The highest BCUT2D eigenvalue weighted by molar-refractivity contribution is 7.90. The molecule has 3 N–H and O–H groups in total.